The quantitative estimate of drug-likeness (QED) is 0.403. The van der Waals surface area contributed by atoms with Crippen LogP contribution in [0.4, 0.5) is 0 Å². The fourth-order valence-electron chi connectivity index (χ4n) is 2.74. The van der Waals surface area contributed by atoms with Crippen LogP contribution in [0.2, 0.25) is 0 Å². The summed E-state index contributed by atoms with van der Waals surface area (Å²) in [4.78, 5) is 18.8. The van der Waals surface area contributed by atoms with Crippen molar-refractivity contribution >= 4 is 35.8 Å². The van der Waals surface area contributed by atoms with E-state index in [4.69, 9.17) is 5.73 Å². The molecule has 1 aromatic rings. The molecule has 1 amide bonds. The Kier molecular flexibility index (Phi) is 9.85. The summed E-state index contributed by atoms with van der Waals surface area (Å²) >= 11 is 0. The number of carbonyl (C=O) groups is 1. The van der Waals surface area contributed by atoms with E-state index in [9.17, 15) is 4.79 Å². The largest absolute Gasteiger partial charge is 0.370 e. The Morgan fingerprint density at radius 2 is 1.80 bits per heavy atom. The fraction of sp³-hybridized carbons (Fsp3) is 0.579. The van der Waals surface area contributed by atoms with Gasteiger partial charge in [0.2, 0.25) is 0 Å². The van der Waals surface area contributed by atoms with Crippen LogP contribution in [0, 0.1) is 0 Å². The number of likely N-dealkylation sites (tertiary alicyclic amines) is 1. The number of amides is 1. The highest BCUT2D eigenvalue weighted by molar-refractivity contribution is 14.0. The van der Waals surface area contributed by atoms with Crippen LogP contribution in [-0.2, 0) is 6.54 Å². The molecule has 3 N–H and O–H groups in total. The second-order valence-corrected chi connectivity index (χ2v) is 6.56. The molecule has 2 rings (SSSR count). The number of nitrogens with one attached hydrogen (secondary N) is 1. The average molecular weight is 458 g/mol. The van der Waals surface area contributed by atoms with Gasteiger partial charge in [0.1, 0.15) is 0 Å². The summed E-state index contributed by atoms with van der Waals surface area (Å²) in [5.74, 6) is 0.610. The summed E-state index contributed by atoms with van der Waals surface area (Å²) in [6.45, 7) is 6.62. The highest BCUT2D eigenvalue weighted by Gasteiger charge is 2.11. The number of nitrogens with two attached hydrogens (primary N) is 1. The maximum Gasteiger partial charge on any atom is 0.251 e. The van der Waals surface area contributed by atoms with Crippen molar-refractivity contribution in [1.82, 2.24) is 10.2 Å². The van der Waals surface area contributed by atoms with Crippen molar-refractivity contribution < 1.29 is 4.79 Å². The van der Waals surface area contributed by atoms with E-state index in [-0.39, 0.29) is 35.9 Å². The zero-order chi connectivity index (χ0) is 17.4. The highest BCUT2D eigenvalue weighted by Crippen LogP contribution is 2.10. The molecule has 0 aromatic heterocycles. The van der Waals surface area contributed by atoms with Crippen molar-refractivity contribution in [3.8, 4) is 0 Å². The summed E-state index contributed by atoms with van der Waals surface area (Å²) in [6, 6.07) is 7.79. The van der Waals surface area contributed by atoms with E-state index in [1.54, 1.807) is 0 Å². The first-order chi connectivity index (χ1) is 11.6. The van der Waals surface area contributed by atoms with E-state index in [1.165, 1.54) is 25.7 Å². The van der Waals surface area contributed by atoms with Gasteiger partial charge in [-0.05, 0) is 43.9 Å². The molecule has 1 unspecified atom stereocenters. The van der Waals surface area contributed by atoms with Gasteiger partial charge in [-0.2, -0.15) is 0 Å². The summed E-state index contributed by atoms with van der Waals surface area (Å²) in [6.07, 6.45) is 5.87. The van der Waals surface area contributed by atoms with Crippen molar-refractivity contribution in [3.63, 3.8) is 0 Å². The van der Waals surface area contributed by atoms with Crippen LogP contribution in [0.15, 0.2) is 29.3 Å². The third-order valence-electron chi connectivity index (χ3n) is 4.56. The number of halogens is 1. The Balaban J connectivity index is 0.00000312. The predicted molar refractivity (Wildman–Crippen MR) is 114 cm³/mol. The van der Waals surface area contributed by atoms with Crippen LogP contribution in [0.3, 0.4) is 0 Å². The summed E-state index contributed by atoms with van der Waals surface area (Å²) in [5.41, 5.74) is 7.87. The van der Waals surface area contributed by atoms with Crippen molar-refractivity contribution in [3.05, 3.63) is 35.4 Å². The molecule has 1 aliphatic heterocycles. The first-order valence-electron chi connectivity index (χ1n) is 9.04. The first kappa shape index (κ1) is 21.7. The minimum absolute atomic E-state index is 0. The fourth-order valence-corrected chi connectivity index (χ4v) is 2.74. The molecule has 5 nitrogen and oxygen atoms in total. The minimum atomic E-state index is -0.0246. The Labute approximate surface area is 168 Å². The number of benzene rings is 1. The van der Waals surface area contributed by atoms with Gasteiger partial charge in [0.05, 0.1) is 6.54 Å². The van der Waals surface area contributed by atoms with Crippen LogP contribution in [0.5, 0.6) is 0 Å². The molecule has 1 fully saturated rings. The second kappa shape index (κ2) is 11.3. The van der Waals surface area contributed by atoms with Crippen molar-refractivity contribution in [1.29, 1.82) is 0 Å². The first-order valence-corrected chi connectivity index (χ1v) is 9.04. The molecule has 25 heavy (non-hydrogen) atoms. The molecule has 0 aliphatic carbocycles. The lowest BCUT2D eigenvalue weighted by Gasteiger charge is -2.21. The van der Waals surface area contributed by atoms with Crippen LogP contribution < -0.4 is 11.1 Å². The Morgan fingerprint density at radius 1 is 1.20 bits per heavy atom. The molecular formula is C19H31IN4O. The zero-order valence-electron chi connectivity index (χ0n) is 15.3. The van der Waals surface area contributed by atoms with Crippen LogP contribution in [-0.4, -0.2) is 35.9 Å². The molecule has 1 aliphatic rings. The average Bonchev–Trinajstić information content (AvgIpc) is 2.89. The molecule has 0 spiro atoms. The number of rotatable bonds is 5. The topological polar surface area (TPSA) is 70.7 Å². The van der Waals surface area contributed by atoms with Crippen LogP contribution in [0.1, 0.15) is 61.9 Å². The number of guanidine groups is 1. The summed E-state index contributed by atoms with van der Waals surface area (Å²) in [7, 11) is 0. The zero-order valence-corrected chi connectivity index (χ0v) is 17.7. The maximum absolute atomic E-state index is 12.1. The maximum atomic E-state index is 12.1. The molecule has 1 heterocycles. The predicted octanol–water partition coefficient (Wildman–Crippen LogP) is 3.52. The lowest BCUT2D eigenvalue weighted by Crippen LogP contribution is -2.38. The van der Waals surface area contributed by atoms with Gasteiger partial charge >= 0.3 is 0 Å². The van der Waals surface area contributed by atoms with Crippen molar-refractivity contribution in [2.45, 2.75) is 58.5 Å². The number of hydrogen-bond donors (Lipinski definition) is 2. The molecule has 6 heteroatoms. The van der Waals surface area contributed by atoms with Gasteiger partial charge in [-0.25, -0.2) is 4.99 Å². The van der Waals surface area contributed by atoms with Gasteiger partial charge in [-0.1, -0.05) is 31.9 Å². The van der Waals surface area contributed by atoms with Gasteiger partial charge in [-0.3, -0.25) is 4.79 Å². The van der Waals surface area contributed by atoms with Crippen molar-refractivity contribution in [2.24, 2.45) is 10.7 Å². The van der Waals surface area contributed by atoms with E-state index in [2.05, 4.69) is 22.1 Å². The van der Waals surface area contributed by atoms with Gasteiger partial charge in [0, 0.05) is 24.7 Å². The van der Waals surface area contributed by atoms with E-state index in [0.29, 0.717) is 18.1 Å². The monoisotopic (exact) mass is 458 g/mol. The third-order valence-corrected chi connectivity index (χ3v) is 4.56. The molecule has 0 bridgehead atoms. The van der Waals surface area contributed by atoms with Gasteiger partial charge in [0.15, 0.2) is 5.96 Å². The number of carbonyl (C=O) groups excluding carboxylic acids is 1. The summed E-state index contributed by atoms with van der Waals surface area (Å²) < 4.78 is 0. The molecule has 140 valence electrons. The van der Waals surface area contributed by atoms with E-state index >= 15 is 0 Å². The second-order valence-electron chi connectivity index (χ2n) is 6.56. The third kappa shape index (κ3) is 7.22. The number of hydrogen-bond acceptors (Lipinski definition) is 2. The standard InChI is InChI=1S/C19H30N4O.HI/c1-3-15(2)22-18(24)17-10-8-16(9-11-17)14-21-19(20)23-12-6-4-5-7-13-23;/h8-11,15H,3-7,12-14H2,1-2H3,(H2,20,21)(H,22,24);1H. The van der Waals surface area contributed by atoms with E-state index < -0.39 is 0 Å². The highest BCUT2D eigenvalue weighted by atomic mass is 127. The van der Waals surface area contributed by atoms with Gasteiger partial charge < -0.3 is 16.0 Å². The van der Waals surface area contributed by atoms with Crippen LogP contribution in [0.25, 0.3) is 0 Å². The molecular weight excluding hydrogens is 427 g/mol. The molecule has 1 aromatic carbocycles. The Morgan fingerprint density at radius 3 is 2.36 bits per heavy atom. The molecule has 0 radical (unpaired) electrons. The minimum Gasteiger partial charge on any atom is -0.370 e. The smallest absolute Gasteiger partial charge is 0.251 e. The Hall–Kier alpha value is -1.31. The molecule has 0 saturated carbocycles. The molecule has 1 saturated heterocycles. The van der Waals surface area contributed by atoms with E-state index in [0.717, 1.165) is 25.1 Å². The lowest BCUT2D eigenvalue weighted by atomic mass is 10.1. The van der Waals surface area contributed by atoms with Gasteiger partial charge in [-0.15, -0.1) is 24.0 Å². The number of nitrogens with zero attached hydrogens (tertiary/aromatic N) is 2. The van der Waals surface area contributed by atoms with E-state index in [1.807, 2.05) is 31.2 Å². The normalized spacial score (nSPS) is 16.6. The SMILES string of the molecule is CCC(C)NC(=O)c1ccc(CN=C(N)N2CCCCCC2)cc1.I. The summed E-state index contributed by atoms with van der Waals surface area (Å²) in [5, 5.41) is 2.97. The van der Waals surface area contributed by atoms with Gasteiger partial charge in [0.25, 0.3) is 5.91 Å². The van der Waals surface area contributed by atoms with Crippen LogP contribution >= 0.6 is 24.0 Å². The molecule has 1 atom stereocenters. The Bertz CT molecular complexity index is 551. The van der Waals surface area contributed by atoms with Crippen molar-refractivity contribution in [2.75, 3.05) is 13.1 Å². The lowest BCUT2D eigenvalue weighted by molar-refractivity contribution is 0.0939. The number of aliphatic imine (C=N–C) groups is 1.